The van der Waals surface area contributed by atoms with E-state index in [4.69, 9.17) is 0 Å². The van der Waals surface area contributed by atoms with Crippen LogP contribution in [0.3, 0.4) is 0 Å². The Morgan fingerprint density at radius 3 is 2.53 bits per heavy atom. The van der Waals surface area contributed by atoms with Crippen LogP contribution >= 0.6 is 11.3 Å². The zero-order chi connectivity index (χ0) is 12.8. The Morgan fingerprint density at radius 2 is 1.68 bits per heavy atom. The summed E-state index contributed by atoms with van der Waals surface area (Å²) < 4.78 is 3.78. The predicted molar refractivity (Wildman–Crippen MR) is 81.8 cm³/mol. The lowest BCUT2D eigenvalue weighted by molar-refractivity contribution is -0.653. The molecule has 0 spiro atoms. The van der Waals surface area contributed by atoms with Crippen molar-refractivity contribution in [2.45, 2.75) is 13.5 Å². The molecule has 2 aliphatic heterocycles. The predicted octanol–water partition coefficient (Wildman–Crippen LogP) is 4.47. The number of aromatic nitrogens is 1. The molecule has 1 nitrogen and oxygen atoms in total. The molecular formula is C17H14NS+. The quantitative estimate of drug-likeness (QED) is 0.447. The number of benzene rings is 2. The fourth-order valence-corrected chi connectivity index (χ4v) is 3.89. The van der Waals surface area contributed by atoms with E-state index in [2.05, 4.69) is 65.4 Å². The summed E-state index contributed by atoms with van der Waals surface area (Å²) in [6.07, 6.45) is 0. The number of nitrogens with zero attached hydrogens (tertiary/aromatic N) is 1. The van der Waals surface area contributed by atoms with Crippen LogP contribution in [0.5, 0.6) is 0 Å². The Bertz CT molecular complexity index is 860. The molecule has 0 saturated heterocycles. The molecule has 0 bridgehead atoms. The maximum Gasteiger partial charge on any atom is 0.223 e. The summed E-state index contributed by atoms with van der Waals surface area (Å²) in [4.78, 5) is 0. The molecule has 2 aromatic rings. The van der Waals surface area contributed by atoms with Crippen LogP contribution in [0.4, 0.5) is 0 Å². The van der Waals surface area contributed by atoms with Gasteiger partial charge in [-0.2, -0.15) is 4.57 Å². The van der Waals surface area contributed by atoms with Crippen molar-refractivity contribution in [1.29, 1.82) is 0 Å². The van der Waals surface area contributed by atoms with Gasteiger partial charge in [-0.3, -0.25) is 0 Å². The van der Waals surface area contributed by atoms with Crippen LogP contribution in [-0.2, 0) is 6.54 Å². The third-order valence-corrected chi connectivity index (χ3v) is 4.74. The van der Waals surface area contributed by atoms with E-state index < -0.39 is 0 Å². The summed E-state index contributed by atoms with van der Waals surface area (Å²) in [5, 5.41) is 5.02. The second kappa shape index (κ2) is 4.04. The molecule has 4 rings (SSSR count). The van der Waals surface area contributed by atoms with Crippen molar-refractivity contribution in [2.75, 3.05) is 0 Å². The molecule has 0 amide bonds. The van der Waals surface area contributed by atoms with Crippen LogP contribution in [-0.4, -0.2) is 0 Å². The van der Waals surface area contributed by atoms with Gasteiger partial charge in [0.05, 0.1) is 16.3 Å². The molecule has 0 unspecified atom stereocenters. The summed E-state index contributed by atoms with van der Waals surface area (Å²) in [7, 11) is 0. The molecule has 2 aliphatic rings. The van der Waals surface area contributed by atoms with Crippen molar-refractivity contribution in [1.82, 2.24) is 0 Å². The topological polar surface area (TPSA) is 3.88 Å². The number of hydrogen-bond donors (Lipinski definition) is 0. The number of para-hydroxylation sites is 1. The molecule has 19 heavy (non-hydrogen) atoms. The normalized spacial score (nSPS) is 11.6. The van der Waals surface area contributed by atoms with Crippen molar-refractivity contribution in [3.63, 3.8) is 0 Å². The first-order valence-electron chi connectivity index (χ1n) is 6.60. The highest BCUT2D eigenvalue weighted by atomic mass is 32.1. The summed E-state index contributed by atoms with van der Waals surface area (Å²) in [6, 6.07) is 17.4. The number of fused-ring (bicyclic) bond motifs is 5. The molecule has 0 N–H and O–H groups in total. The summed E-state index contributed by atoms with van der Waals surface area (Å²) in [5.41, 5.74) is 4.09. The fourth-order valence-electron chi connectivity index (χ4n) is 2.96. The lowest BCUT2D eigenvalue weighted by Gasteiger charge is -2.01. The summed E-state index contributed by atoms with van der Waals surface area (Å²) in [5.74, 6) is 0. The minimum absolute atomic E-state index is 1.00. The van der Waals surface area contributed by atoms with Gasteiger partial charge in [-0.25, -0.2) is 0 Å². The Labute approximate surface area is 116 Å². The molecule has 0 radical (unpaired) electrons. The summed E-state index contributed by atoms with van der Waals surface area (Å²) >= 11 is 1.83. The average Bonchev–Trinajstić information content (AvgIpc) is 2.81. The number of hydrogen-bond acceptors (Lipinski definition) is 1. The van der Waals surface area contributed by atoms with E-state index in [1.54, 1.807) is 0 Å². The van der Waals surface area contributed by atoms with Gasteiger partial charge >= 0.3 is 0 Å². The maximum absolute atomic E-state index is 2.43. The van der Waals surface area contributed by atoms with Gasteiger partial charge in [0.25, 0.3) is 0 Å². The minimum Gasteiger partial charge on any atom is -0.191 e. The first-order chi connectivity index (χ1) is 9.40. The Hall–Kier alpha value is -1.93. The first kappa shape index (κ1) is 10.9. The zero-order valence-corrected chi connectivity index (χ0v) is 11.6. The second-order valence-corrected chi connectivity index (χ2v) is 5.67. The van der Waals surface area contributed by atoms with Crippen LogP contribution in [0.15, 0.2) is 53.9 Å². The van der Waals surface area contributed by atoms with Crippen LogP contribution in [0, 0.1) is 0 Å². The highest BCUT2D eigenvalue weighted by Crippen LogP contribution is 2.37. The average molecular weight is 264 g/mol. The van der Waals surface area contributed by atoms with Crippen LogP contribution in [0.2, 0.25) is 0 Å². The monoisotopic (exact) mass is 264 g/mol. The molecule has 2 heteroatoms. The highest BCUT2D eigenvalue weighted by molar-refractivity contribution is 7.17. The standard InChI is InChI=1S/C17H14NS/c1-2-18-15-9-5-3-7-12(15)14-11-19-16-10-6-4-8-13(16)17(14)18/h3-11H,2H2,1H3/q+1. The third-order valence-electron chi connectivity index (χ3n) is 3.77. The molecule has 0 aliphatic carbocycles. The molecule has 0 saturated carbocycles. The van der Waals surface area contributed by atoms with E-state index in [9.17, 15) is 0 Å². The van der Waals surface area contributed by atoms with E-state index >= 15 is 0 Å². The largest absolute Gasteiger partial charge is 0.223 e. The van der Waals surface area contributed by atoms with Gasteiger partial charge in [-0.05, 0) is 25.1 Å². The second-order valence-electron chi connectivity index (χ2n) is 4.76. The van der Waals surface area contributed by atoms with Crippen molar-refractivity contribution in [2.24, 2.45) is 0 Å². The van der Waals surface area contributed by atoms with E-state index in [1.165, 1.54) is 32.2 Å². The molecule has 0 atom stereocenters. The smallest absolute Gasteiger partial charge is 0.191 e. The van der Waals surface area contributed by atoms with Gasteiger partial charge in [0.15, 0.2) is 0 Å². The van der Waals surface area contributed by atoms with Crippen LogP contribution < -0.4 is 4.57 Å². The van der Waals surface area contributed by atoms with E-state index in [0.717, 1.165) is 6.54 Å². The SMILES string of the molecule is CC[n+]1c2c3ccccc3scc-2c2ccccc21. The lowest BCUT2D eigenvalue weighted by atomic mass is 10.1. The third kappa shape index (κ3) is 1.44. The minimum atomic E-state index is 1.00. The molecule has 2 aromatic carbocycles. The Kier molecular flexibility index (Phi) is 2.32. The fraction of sp³-hybridized carbons (Fsp3) is 0.118. The van der Waals surface area contributed by atoms with Crippen molar-refractivity contribution < 1.29 is 4.57 Å². The molecule has 2 heterocycles. The first-order valence-corrected chi connectivity index (χ1v) is 7.48. The lowest BCUT2D eigenvalue weighted by Crippen LogP contribution is -2.32. The Morgan fingerprint density at radius 1 is 0.947 bits per heavy atom. The Balaban J connectivity index is 2.31. The number of aryl methyl sites for hydroxylation is 1. The molecule has 92 valence electrons. The van der Waals surface area contributed by atoms with E-state index in [0.29, 0.717) is 0 Å². The summed E-state index contributed by atoms with van der Waals surface area (Å²) in [6.45, 7) is 3.22. The van der Waals surface area contributed by atoms with Gasteiger partial charge in [0, 0.05) is 16.1 Å². The van der Waals surface area contributed by atoms with Crippen molar-refractivity contribution in [3.05, 3.63) is 53.9 Å². The van der Waals surface area contributed by atoms with Gasteiger partial charge in [0.2, 0.25) is 11.2 Å². The van der Waals surface area contributed by atoms with Crippen molar-refractivity contribution >= 4 is 32.3 Å². The van der Waals surface area contributed by atoms with Crippen LogP contribution in [0.1, 0.15) is 6.92 Å². The van der Waals surface area contributed by atoms with E-state index in [-0.39, 0.29) is 0 Å². The van der Waals surface area contributed by atoms with Gasteiger partial charge in [-0.1, -0.05) is 24.3 Å². The number of rotatable bonds is 1. The van der Waals surface area contributed by atoms with Gasteiger partial charge in [0.1, 0.15) is 6.54 Å². The maximum atomic E-state index is 2.43. The van der Waals surface area contributed by atoms with E-state index in [1.807, 2.05) is 11.3 Å². The highest BCUT2D eigenvalue weighted by Gasteiger charge is 2.26. The molecule has 0 aromatic heterocycles. The molecule has 0 fully saturated rings. The molecular weight excluding hydrogens is 250 g/mol. The van der Waals surface area contributed by atoms with Crippen molar-refractivity contribution in [3.8, 4) is 11.3 Å². The zero-order valence-electron chi connectivity index (χ0n) is 10.8. The van der Waals surface area contributed by atoms with Gasteiger partial charge < -0.3 is 0 Å². The van der Waals surface area contributed by atoms with Gasteiger partial charge in [-0.15, -0.1) is 11.3 Å². The van der Waals surface area contributed by atoms with Crippen LogP contribution in [0.25, 0.3) is 32.2 Å².